The van der Waals surface area contributed by atoms with Crippen molar-refractivity contribution in [2.75, 3.05) is 0 Å². The molecule has 0 aliphatic rings. The fourth-order valence-electron chi connectivity index (χ4n) is 1.24. The molecule has 1 heterocycles. The normalized spacial score (nSPS) is 10.7. The van der Waals surface area contributed by atoms with Gasteiger partial charge in [-0.3, -0.25) is 4.98 Å². The molecule has 0 saturated heterocycles. The van der Waals surface area contributed by atoms with Crippen LogP contribution in [-0.4, -0.2) is 4.98 Å². The maximum Gasteiger partial charge on any atom is 0.419 e. The number of rotatable bonds is 0. The van der Waals surface area contributed by atoms with Gasteiger partial charge in [-0.05, 0) is 18.6 Å². The van der Waals surface area contributed by atoms with Crippen LogP contribution in [0.2, 0.25) is 5.02 Å². The van der Waals surface area contributed by atoms with E-state index in [4.69, 9.17) is 11.6 Å². The quantitative estimate of drug-likeness (QED) is 0.717. The van der Waals surface area contributed by atoms with Crippen LogP contribution in [0.25, 0.3) is 10.9 Å². The summed E-state index contributed by atoms with van der Waals surface area (Å²) >= 11 is 5.92. The highest BCUT2D eigenvalue weighted by Crippen LogP contribution is 2.21. The van der Waals surface area contributed by atoms with Crippen molar-refractivity contribution in [3.8, 4) is 0 Å². The van der Waals surface area contributed by atoms with Gasteiger partial charge in [0, 0.05) is 0 Å². The smallest absolute Gasteiger partial charge is 0.372 e. The third-order valence-electron chi connectivity index (χ3n) is 1.97. The van der Waals surface area contributed by atoms with Gasteiger partial charge in [0.1, 0.15) is 0 Å². The Morgan fingerprint density at radius 3 is 2.79 bits per heavy atom. The lowest BCUT2D eigenvalue weighted by Crippen LogP contribution is -2.14. The second-order valence-electron chi connectivity index (χ2n) is 2.92. The number of aromatic amines is 1. The van der Waals surface area contributed by atoms with Crippen LogP contribution in [-0.2, 0) is 0 Å². The van der Waals surface area contributed by atoms with Gasteiger partial charge in [0.15, 0.2) is 0 Å². The lowest BCUT2D eigenvalue weighted by atomic mass is 10.2. The van der Waals surface area contributed by atoms with Crippen LogP contribution in [0.5, 0.6) is 0 Å². The first-order chi connectivity index (χ1) is 6.59. The molecule has 14 heavy (non-hydrogen) atoms. The average molecular weight is 212 g/mol. The first-order valence-corrected chi connectivity index (χ1v) is 4.29. The summed E-state index contributed by atoms with van der Waals surface area (Å²) in [5.41, 5.74) is 0.444. The summed E-state index contributed by atoms with van der Waals surface area (Å²) in [6, 6.07) is 3.26. The number of aryl methyl sites for hydroxylation is 1. The minimum atomic E-state index is -0.796. The van der Waals surface area contributed by atoms with Crippen LogP contribution < -0.4 is 11.4 Å². The summed E-state index contributed by atoms with van der Waals surface area (Å²) in [5.74, 6) is -0.796. The molecule has 0 aliphatic carbocycles. The number of fused-ring (bicyclic) bond motifs is 1. The van der Waals surface area contributed by atoms with Gasteiger partial charge in [0.2, 0.25) is 0 Å². The van der Waals surface area contributed by atoms with Crippen LogP contribution in [0.1, 0.15) is 5.56 Å². The van der Waals surface area contributed by atoms with Crippen LogP contribution >= 0.6 is 11.6 Å². The minimum absolute atomic E-state index is 0.278. The van der Waals surface area contributed by atoms with Gasteiger partial charge in [-0.2, -0.15) is 0 Å². The number of nitrogens with one attached hydrogen (secondary N) is 1. The number of hydrogen-bond donors (Lipinski definition) is 1. The van der Waals surface area contributed by atoms with Crippen molar-refractivity contribution in [2.24, 2.45) is 0 Å². The molecular formula is C9H6ClNO3. The number of benzene rings is 1. The van der Waals surface area contributed by atoms with Gasteiger partial charge >= 0.3 is 11.4 Å². The molecule has 5 heteroatoms. The van der Waals surface area contributed by atoms with Crippen molar-refractivity contribution in [1.82, 2.24) is 4.98 Å². The van der Waals surface area contributed by atoms with Crippen LogP contribution in [0, 0.1) is 6.92 Å². The molecule has 0 fully saturated rings. The van der Waals surface area contributed by atoms with E-state index >= 15 is 0 Å². The van der Waals surface area contributed by atoms with E-state index in [1.807, 2.05) is 0 Å². The molecule has 0 bridgehead atoms. The summed E-state index contributed by atoms with van der Waals surface area (Å²) in [4.78, 5) is 24.5. The fraction of sp³-hybridized carbons (Fsp3) is 0.111. The monoisotopic (exact) mass is 211 g/mol. The largest absolute Gasteiger partial charge is 0.419 e. The molecule has 1 aromatic carbocycles. The van der Waals surface area contributed by atoms with E-state index in [0.29, 0.717) is 10.5 Å². The Kier molecular flexibility index (Phi) is 1.93. The summed E-state index contributed by atoms with van der Waals surface area (Å²) in [7, 11) is 0. The van der Waals surface area contributed by atoms with Crippen molar-refractivity contribution in [1.29, 1.82) is 0 Å². The molecule has 2 aromatic rings. The predicted molar refractivity (Wildman–Crippen MR) is 52.9 cm³/mol. The molecule has 1 N–H and O–H groups in total. The zero-order valence-electron chi connectivity index (χ0n) is 7.26. The Morgan fingerprint density at radius 1 is 1.36 bits per heavy atom. The van der Waals surface area contributed by atoms with Crippen molar-refractivity contribution in [2.45, 2.75) is 6.92 Å². The van der Waals surface area contributed by atoms with Crippen LogP contribution in [0.3, 0.4) is 0 Å². The summed E-state index contributed by atoms with van der Waals surface area (Å²) < 4.78 is 4.36. The summed E-state index contributed by atoms with van der Waals surface area (Å²) in [6.45, 7) is 1.79. The SMILES string of the molecule is Cc1ccc2c(=O)oc(=O)[nH]c2c1Cl. The first-order valence-electron chi connectivity index (χ1n) is 3.92. The van der Waals surface area contributed by atoms with E-state index in [2.05, 4.69) is 9.40 Å². The number of halogens is 1. The third-order valence-corrected chi connectivity index (χ3v) is 2.45. The zero-order valence-corrected chi connectivity index (χ0v) is 8.01. The molecule has 0 radical (unpaired) electrons. The standard InChI is InChI=1S/C9H6ClNO3/c1-4-2-3-5-7(6(4)10)11-9(13)14-8(5)12/h2-3H,1H3,(H,11,13). The van der Waals surface area contributed by atoms with E-state index in [1.165, 1.54) is 0 Å². The Hall–Kier alpha value is -1.55. The van der Waals surface area contributed by atoms with Gasteiger partial charge < -0.3 is 4.42 Å². The van der Waals surface area contributed by atoms with Gasteiger partial charge in [-0.25, -0.2) is 9.59 Å². The van der Waals surface area contributed by atoms with E-state index in [9.17, 15) is 9.59 Å². The molecule has 0 unspecified atom stereocenters. The number of aromatic nitrogens is 1. The highest BCUT2D eigenvalue weighted by atomic mass is 35.5. The third kappa shape index (κ3) is 1.24. The Balaban J connectivity index is 3.10. The molecule has 2 rings (SSSR count). The van der Waals surface area contributed by atoms with Crippen LogP contribution in [0.4, 0.5) is 0 Å². The summed E-state index contributed by atoms with van der Waals surface area (Å²) in [5, 5.41) is 0.646. The van der Waals surface area contributed by atoms with Gasteiger partial charge in [-0.15, -0.1) is 0 Å². The molecule has 0 aliphatic heterocycles. The molecule has 72 valence electrons. The topological polar surface area (TPSA) is 63.1 Å². The zero-order chi connectivity index (χ0) is 10.3. The summed E-state index contributed by atoms with van der Waals surface area (Å²) in [6.07, 6.45) is 0. The number of H-pyrrole nitrogens is 1. The average Bonchev–Trinajstić information content (AvgIpc) is 2.12. The Labute approximate surface area is 83.1 Å². The Bertz CT molecular complexity index is 611. The molecule has 4 nitrogen and oxygen atoms in total. The maximum atomic E-state index is 11.2. The molecule has 0 spiro atoms. The van der Waals surface area contributed by atoms with Crippen molar-refractivity contribution in [3.05, 3.63) is 43.7 Å². The van der Waals surface area contributed by atoms with E-state index in [0.717, 1.165) is 5.56 Å². The molecule has 0 amide bonds. The lowest BCUT2D eigenvalue weighted by Gasteiger charge is -2.00. The van der Waals surface area contributed by atoms with E-state index in [-0.39, 0.29) is 5.39 Å². The highest BCUT2D eigenvalue weighted by molar-refractivity contribution is 6.35. The first kappa shape index (κ1) is 9.02. The van der Waals surface area contributed by atoms with Crippen molar-refractivity contribution >= 4 is 22.5 Å². The van der Waals surface area contributed by atoms with Crippen LogP contribution in [0.15, 0.2) is 26.1 Å². The highest BCUT2D eigenvalue weighted by Gasteiger charge is 2.07. The second kappa shape index (κ2) is 2.99. The van der Waals surface area contributed by atoms with Crippen molar-refractivity contribution in [3.63, 3.8) is 0 Å². The second-order valence-corrected chi connectivity index (χ2v) is 3.30. The minimum Gasteiger partial charge on any atom is -0.372 e. The Morgan fingerprint density at radius 2 is 2.07 bits per heavy atom. The van der Waals surface area contributed by atoms with Gasteiger partial charge in [0.25, 0.3) is 0 Å². The van der Waals surface area contributed by atoms with Crippen molar-refractivity contribution < 1.29 is 4.42 Å². The number of hydrogen-bond acceptors (Lipinski definition) is 3. The molecule has 0 atom stereocenters. The van der Waals surface area contributed by atoms with Gasteiger partial charge in [-0.1, -0.05) is 17.7 Å². The fourth-order valence-corrected chi connectivity index (χ4v) is 1.45. The lowest BCUT2D eigenvalue weighted by molar-refractivity contribution is 0.460. The maximum absolute atomic E-state index is 11.2. The predicted octanol–water partition coefficient (Wildman–Crippen LogP) is 1.44. The van der Waals surface area contributed by atoms with Gasteiger partial charge in [0.05, 0.1) is 15.9 Å². The molecule has 1 aromatic heterocycles. The van der Waals surface area contributed by atoms with E-state index in [1.54, 1.807) is 19.1 Å². The molecular weight excluding hydrogens is 206 g/mol. The molecule has 0 saturated carbocycles. The van der Waals surface area contributed by atoms with E-state index < -0.39 is 11.4 Å².